The Balaban J connectivity index is 1.98. The number of nitrogens with two attached hydrogens (primary N) is 1. The number of para-hydroxylation sites is 1. The first-order valence-corrected chi connectivity index (χ1v) is 7.81. The molecule has 0 saturated heterocycles. The van der Waals surface area contributed by atoms with Crippen LogP contribution in [0.4, 0.5) is 0 Å². The molecule has 21 heavy (non-hydrogen) atoms. The molecule has 0 bridgehead atoms. The van der Waals surface area contributed by atoms with Crippen LogP contribution in [0.25, 0.3) is 10.9 Å². The van der Waals surface area contributed by atoms with Gasteiger partial charge in [0.25, 0.3) is 0 Å². The van der Waals surface area contributed by atoms with Gasteiger partial charge in [0.05, 0.1) is 18.2 Å². The predicted molar refractivity (Wildman–Crippen MR) is 86.8 cm³/mol. The molecule has 0 amide bonds. The molecule has 0 radical (unpaired) electrons. The highest BCUT2D eigenvalue weighted by Crippen LogP contribution is 2.39. The first-order valence-electron chi connectivity index (χ1n) is 7.44. The van der Waals surface area contributed by atoms with E-state index in [0.29, 0.717) is 12.0 Å². The molecular formula is C18H18ClN2+. The minimum absolute atomic E-state index is 0.348. The summed E-state index contributed by atoms with van der Waals surface area (Å²) in [5.41, 5.74) is 5.22. The number of fused-ring (bicyclic) bond motifs is 3. The maximum Gasteiger partial charge on any atom is 0.124 e. The Morgan fingerprint density at radius 3 is 2.71 bits per heavy atom. The van der Waals surface area contributed by atoms with E-state index in [1.807, 2.05) is 12.1 Å². The monoisotopic (exact) mass is 297 g/mol. The van der Waals surface area contributed by atoms with Gasteiger partial charge in [0.1, 0.15) is 6.04 Å². The standard InChI is InChI=1S/C18H17ClN2/c1-11-18-17(13-7-3-5-9-16(13)21-18)14(10-20-11)12-6-2-4-8-15(12)19/h2-9,11,14,20-21H,10H2,1H3/p+1/t11-,14+/m0/s1. The first-order chi connectivity index (χ1) is 10.3. The third kappa shape index (κ3) is 1.98. The molecule has 106 valence electrons. The van der Waals surface area contributed by atoms with Crippen LogP contribution in [0.3, 0.4) is 0 Å². The highest BCUT2D eigenvalue weighted by atomic mass is 35.5. The molecule has 2 nitrogen and oxygen atoms in total. The number of hydrogen-bond donors (Lipinski definition) is 2. The zero-order valence-electron chi connectivity index (χ0n) is 11.9. The molecule has 4 rings (SSSR count). The number of quaternary nitrogens is 1. The minimum Gasteiger partial charge on any atom is -0.353 e. The number of benzene rings is 2. The predicted octanol–water partition coefficient (Wildman–Crippen LogP) is 3.59. The fraction of sp³-hybridized carbons (Fsp3) is 0.222. The second kappa shape index (κ2) is 4.90. The summed E-state index contributed by atoms with van der Waals surface area (Å²) in [4.78, 5) is 3.61. The van der Waals surface area contributed by atoms with Crippen molar-refractivity contribution in [2.75, 3.05) is 6.54 Å². The summed E-state index contributed by atoms with van der Waals surface area (Å²) in [6, 6.07) is 17.3. The van der Waals surface area contributed by atoms with E-state index in [1.165, 1.54) is 27.7 Å². The molecule has 0 unspecified atom stereocenters. The van der Waals surface area contributed by atoms with Crippen molar-refractivity contribution in [3.05, 3.63) is 70.4 Å². The van der Waals surface area contributed by atoms with Crippen molar-refractivity contribution in [3.8, 4) is 0 Å². The van der Waals surface area contributed by atoms with Gasteiger partial charge in [-0.3, -0.25) is 0 Å². The van der Waals surface area contributed by atoms with Crippen molar-refractivity contribution in [2.45, 2.75) is 18.9 Å². The molecule has 1 aliphatic heterocycles. The van der Waals surface area contributed by atoms with Gasteiger partial charge in [-0.25, -0.2) is 0 Å². The van der Waals surface area contributed by atoms with Crippen LogP contribution in [-0.2, 0) is 0 Å². The summed E-state index contributed by atoms with van der Waals surface area (Å²) in [5.74, 6) is 0.348. The van der Waals surface area contributed by atoms with Crippen LogP contribution in [0.15, 0.2) is 48.5 Å². The lowest BCUT2D eigenvalue weighted by Gasteiger charge is -2.26. The van der Waals surface area contributed by atoms with Gasteiger partial charge in [0.15, 0.2) is 0 Å². The topological polar surface area (TPSA) is 32.4 Å². The highest BCUT2D eigenvalue weighted by Gasteiger charge is 2.33. The summed E-state index contributed by atoms with van der Waals surface area (Å²) in [6.45, 7) is 3.30. The SMILES string of the molecule is C[C@@H]1[NH2+]C[C@H](c2ccccc2Cl)c2c1[nH]c1ccccc21. The van der Waals surface area contributed by atoms with E-state index in [-0.39, 0.29) is 0 Å². The Labute approximate surface area is 129 Å². The number of hydrogen-bond acceptors (Lipinski definition) is 0. The number of nitrogens with one attached hydrogen (secondary N) is 1. The normalized spacial score (nSPS) is 21.4. The van der Waals surface area contributed by atoms with Crippen LogP contribution in [0.5, 0.6) is 0 Å². The van der Waals surface area contributed by atoms with Crippen molar-refractivity contribution >= 4 is 22.5 Å². The van der Waals surface area contributed by atoms with E-state index in [4.69, 9.17) is 11.6 Å². The van der Waals surface area contributed by atoms with Crippen molar-refractivity contribution in [3.63, 3.8) is 0 Å². The Bertz CT molecular complexity index is 806. The van der Waals surface area contributed by atoms with Gasteiger partial charge in [0.2, 0.25) is 0 Å². The van der Waals surface area contributed by atoms with Crippen molar-refractivity contribution < 1.29 is 5.32 Å². The molecular weight excluding hydrogens is 280 g/mol. The molecule has 2 atom stereocenters. The third-order valence-electron chi connectivity index (χ3n) is 4.59. The first kappa shape index (κ1) is 12.9. The fourth-order valence-electron chi connectivity index (χ4n) is 3.54. The van der Waals surface area contributed by atoms with Gasteiger partial charge in [-0.2, -0.15) is 0 Å². The Hall–Kier alpha value is -1.77. The van der Waals surface area contributed by atoms with Gasteiger partial charge >= 0.3 is 0 Å². The van der Waals surface area contributed by atoms with Gasteiger partial charge < -0.3 is 10.3 Å². The number of aromatic amines is 1. The average Bonchev–Trinajstić information content (AvgIpc) is 2.89. The van der Waals surface area contributed by atoms with Gasteiger partial charge in [-0.1, -0.05) is 48.0 Å². The lowest BCUT2D eigenvalue weighted by molar-refractivity contribution is -0.698. The van der Waals surface area contributed by atoms with Crippen LogP contribution in [0.2, 0.25) is 5.02 Å². The molecule has 1 aliphatic rings. The second-order valence-electron chi connectivity index (χ2n) is 5.83. The molecule has 0 spiro atoms. The Morgan fingerprint density at radius 2 is 1.86 bits per heavy atom. The summed E-state index contributed by atoms with van der Waals surface area (Å²) in [7, 11) is 0. The van der Waals surface area contributed by atoms with Crippen LogP contribution < -0.4 is 5.32 Å². The van der Waals surface area contributed by atoms with Gasteiger partial charge in [0, 0.05) is 15.9 Å². The van der Waals surface area contributed by atoms with Crippen molar-refractivity contribution in [1.29, 1.82) is 0 Å². The third-order valence-corrected chi connectivity index (χ3v) is 4.93. The maximum atomic E-state index is 6.45. The zero-order chi connectivity index (χ0) is 14.4. The van der Waals surface area contributed by atoms with Gasteiger partial charge in [-0.05, 0) is 30.2 Å². The Morgan fingerprint density at radius 1 is 1.10 bits per heavy atom. The summed E-state index contributed by atoms with van der Waals surface area (Å²) in [6.07, 6.45) is 0. The molecule has 1 aromatic heterocycles. The van der Waals surface area contributed by atoms with E-state index in [1.54, 1.807) is 0 Å². The largest absolute Gasteiger partial charge is 0.353 e. The van der Waals surface area contributed by atoms with Crippen molar-refractivity contribution in [1.82, 2.24) is 4.98 Å². The maximum absolute atomic E-state index is 6.45. The second-order valence-corrected chi connectivity index (χ2v) is 6.24. The van der Waals surface area contributed by atoms with Gasteiger partial charge in [-0.15, -0.1) is 0 Å². The average molecular weight is 298 g/mol. The molecule has 3 heteroatoms. The Kier molecular flexibility index (Phi) is 3.02. The van der Waals surface area contributed by atoms with E-state index < -0.39 is 0 Å². The van der Waals surface area contributed by atoms with E-state index in [2.05, 4.69) is 53.6 Å². The summed E-state index contributed by atoms with van der Waals surface area (Å²) in [5, 5.41) is 4.59. The molecule has 0 aliphatic carbocycles. The number of aromatic nitrogens is 1. The number of halogens is 1. The van der Waals surface area contributed by atoms with Crippen LogP contribution in [0, 0.1) is 0 Å². The number of H-pyrrole nitrogens is 1. The number of rotatable bonds is 1. The van der Waals surface area contributed by atoms with Crippen LogP contribution >= 0.6 is 11.6 Å². The zero-order valence-corrected chi connectivity index (χ0v) is 12.7. The minimum atomic E-state index is 0.348. The quantitative estimate of drug-likeness (QED) is 0.688. The molecule has 0 saturated carbocycles. The smallest absolute Gasteiger partial charge is 0.124 e. The molecule has 2 heterocycles. The van der Waals surface area contributed by atoms with Crippen LogP contribution in [0.1, 0.15) is 35.7 Å². The fourth-order valence-corrected chi connectivity index (χ4v) is 3.80. The molecule has 3 aromatic rings. The van der Waals surface area contributed by atoms with E-state index >= 15 is 0 Å². The van der Waals surface area contributed by atoms with E-state index in [9.17, 15) is 0 Å². The lowest BCUT2D eigenvalue weighted by Crippen LogP contribution is -2.87. The molecule has 0 fully saturated rings. The highest BCUT2D eigenvalue weighted by molar-refractivity contribution is 6.31. The molecule has 2 aromatic carbocycles. The molecule has 3 N–H and O–H groups in total. The van der Waals surface area contributed by atoms with Crippen molar-refractivity contribution in [2.24, 2.45) is 0 Å². The lowest BCUT2D eigenvalue weighted by atomic mass is 9.85. The van der Waals surface area contributed by atoms with Crippen LogP contribution in [-0.4, -0.2) is 11.5 Å². The van der Waals surface area contributed by atoms with E-state index in [0.717, 1.165) is 11.6 Å². The summed E-state index contributed by atoms with van der Waals surface area (Å²) < 4.78 is 0. The summed E-state index contributed by atoms with van der Waals surface area (Å²) >= 11 is 6.45.